The Balaban J connectivity index is 1.88. The second-order valence-electron chi connectivity index (χ2n) is 8.93. The third kappa shape index (κ3) is 5.72. The number of amides is 2. The van der Waals surface area contributed by atoms with Crippen molar-refractivity contribution in [2.24, 2.45) is 0 Å². The van der Waals surface area contributed by atoms with E-state index < -0.39 is 11.9 Å². The van der Waals surface area contributed by atoms with Gasteiger partial charge in [0, 0.05) is 11.7 Å². The molecule has 9 nitrogen and oxygen atoms in total. The van der Waals surface area contributed by atoms with Crippen LogP contribution in [0.1, 0.15) is 54.8 Å². The summed E-state index contributed by atoms with van der Waals surface area (Å²) >= 11 is 0. The first-order chi connectivity index (χ1) is 18.5. The molecule has 0 saturated heterocycles. The molecule has 0 bridgehead atoms. The average molecular weight is 523 g/mol. The minimum atomic E-state index is -1.07. The van der Waals surface area contributed by atoms with Crippen LogP contribution in [-0.2, 0) is 4.79 Å². The molecular weight excluding hydrogens is 488 g/mol. The third-order valence-electron chi connectivity index (χ3n) is 6.59. The minimum Gasteiger partial charge on any atom is -0.494 e. The molecule has 0 aliphatic heterocycles. The molecule has 0 radical (unpaired) electrons. The Morgan fingerprint density at radius 2 is 1.66 bits per heavy atom. The molecule has 1 atom stereocenters. The van der Waals surface area contributed by atoms with Gasteiger partial charge in [-0.05, 0) is 73.9 Å². The molecule has 202 valence electrons. The predicted octanol–water partition coefficient (Wildman–Crippen LogP) is 5.15. The number of nitrogens with zero attached hydrogens (tertiary/aromatic N) is 1. The molecule has 1 aliphatic rings. The van der Waals surface area contributed by atoms with Gasteiger partial charge in [-0.2, -0.15) is 0 Å². The monoisotopic (exact) mass is 522 g/mol. The molecule has 2 amide bonds. The smallest absolute Gasteiger partial charge is 0.294 e. The minimum absolute atomic E-state index is 0.0351. The molecule has 1 N–H and O–H groups in total. The van der Waals surface area contributed by atoms with Gasteiger partial charge in [0.05, 0.1) is 34.2 Å². The Morgan fingerprint density at radius 3 is 2.18 bits per heavy atom. The second-order valence-corrected chi connectivity index (χ2v) is 8.93. The maximum absolute atomic E-state index is 14.0. The summed E-state index contributed by atoms with van der Waals surface area (Å²) in [6.07, 6.45) is 5.31. The highest BCUT2D eigenvalue weighted by molar-refractivity contribution is 6.08. The first-order valence-corrected chi connectivity index (χ1v) is 12.7. The summed E-state index contributed by atoms with van der Waals surface area (Å²) in [5, 5.41) is 3.16. The fourth-order valence-corrected chi connectivity index (χ4v) is 4.80. The summed E-state index contributed by atoms with van der Waals surface area (Å²) in [5.74, 6) is 1.10. The SMILES string of the molecule is CCOc1ccc(N(C(=O)c2ccco2)[C@@H](C(=O)NC2CCCC2)c2cc(OC)c(OC)c(OC)c2)cc1. The van der Waals surface area contributed by atoms with Crippen molar-refractivity contribution in [3.63, 3.8) is 0 Å². The molecule has 1 heterocycles. The highest BCUT2D eigenvalue weighted by Gasteiger charge is 2.37. The predicted molar refractivity (Wildman–Crippen MR) is 142 cm³/mol. The number of nitrogens with one attached hydrogen (secondary N) is 1. The van der Waals surface area contributed by atoms with Crippen molar-refractivity contribution in [2.75, 3.05) is 32.8 Å². The van der Waals surface area contributed by atoms with Crippen LogP contribution in [0.25, 0.3) is 0 Å². The molecule has 4 rings (SSSR count). The Labute approximate surface area is 222 Å². The van der Waals surface area contributed by atoms with Gasteiger partial charge in [0.25, 0.3) is 5.91 Å². The number of hydrogen-bond donors (Lipinski definition) is 1. The molecule has 1 aromatic heterocycles. The first kappa shape index (κ1) is 26.9. The van der Waals surface area contributed by atoms with Gasteiger partial charge in [0.1, 0.15) is 11.8 Å². The van der Waals surface area contributed by atoms with Gasteiger partial charge in [-0.3, -0.25) is 14.5 Å². The number of ether oxygens (including phenoxy) is 4. The van der Waals surface area contributed by atoms with E-state index in [0.717, 1.165) is 25.7 Å². The summed E-state index contributed by atoms with van der Waals surface area (Å²) in [6.45, 7) is 2.40. The van der Waals surface area contributed by atoms with Crippen LogP contribution in [0.5, 0.6) is 23.0 Å². The topological polar surface area (TPSA) is 99.5 Å². The largest absolute Gasteiger partial charge is 0.494 e. The fraction of sp³-hybridized carbons (Fsp3) is 0.379. The number of hydrogen-bond acceptors (Lipinski definition) is 7. The van der Waals surface area contributed by atoms with E-state index in [1.165, 1.54) is 32.5 Å². The Bertz CT molecular complexity index is 1190. The van der Waals surface area contributed by atoms with Crippen molar-refractivity contribution in [3.05, 3.63) is 66.1 Å². The molecule has 9 heteroatoms. The highest BCUT2D eigenvalue weighted by Crippen LogP contribution is 2.42. The molecule has 0 spiro atoms. The Kier molecular flexibility index (Phi) is 8.78. The second kappa shape index (κ2) is 12.4. The number of carbonyl (C=O) groups excluding carboxylic acids is 2. The van der Waals surface area contributed by atoms with Crippen LogP contribution >= 0.6 is 0 Å². The Hall–Kier alpha value is -4.14. The van der Waals surface area contributed by atoms with Crippen LogP contribution in [0.4, 0.5) is 5.69 Å². The van der Waals surface area contributed by atoms with Crippen LogP contribution in [0.15, 0.2) is 59.2 Å². The summed E-state index contributed by atoms with van der Waals surface area (Å²) < 4.78 is 27.7. The third-order valence-corrected chi connectivity index (χ3v) is 6.59. The number of anilines is 1. The van der Waals surface area contributed by atoms with Crippen molar-refractivity contribution in [3.8, 4) is 23.0 Å². The van der Waals surface area contributed by atoms with Crippen LogP contribution in [-0.4, -0.2) is 45.8 Å². The highest BCUT2D eigenvalue weighted by atomic mass is 16.5. The molecule has 38 heavy (non-hydrogen) atoms. The van der Waals surface area contributed by atoms with Crippen molar-refractivity contribution in [1.29, 1.82) is 0 Å². The molecular formula is C29H34N2O7. The first-order valence-electron chi connectivity index (χ1n) is 12.7. The summed E-state index contributed by atoms with van der Waals surface area (Å²) in [4.78, 5) is 29.4. The van der Waals surface area contributed by atoms with Crippen LogP contribution < -0.4 is 29.2 Å². The zero-order valence-electron chi connectivity index (χ0n) is 22.2. The van der Waals surface area contributed by atoms with Crippen LogP contribution in [0, 0.1) is 0 Å². The maximum Gasteiger partial charge on any atom is 0.294 e. The van der Waals surface area contributed by atoms with Crippen molar-refractivity contribution in [1.82, 2.24) is 5.32 Å². The average Bonchev–Trinajstić information content (AvgIpc) is 3.66. The van der Waals surface area contributed by atoms with Gasteiger partial charge in [-0.25, -0.2) is 0 Å². The normalized spacial score (nSPS) is 14.0. The zero-order chi connectivity index (χ0) is 27.1. The lowest BCUT2D eigenvalue weighted by molar-refractivity contribution is -0.123. The van der Waals surface area contributed by atoms with E-state index in [1.807, 2.05) is 6.92 Å². The molecule has 1 fully saturated rings. The molecule has 0 unspecified atom stereocenters. The van der Waals surface area contributed by atoms with Crippen molar-refractivity contribution >= 4 is 17.5 Å². The van der Waals surface area contributed by atoms with E-state index in [-0.39, 0.29) is 17.7 Å². The van der Waals surface area contributed by atoms with Crippen molar-refractivity contribution < 1.29 is 33.0 Å². The van der Waals surface area contributed by atoms with Gasteiger partial charge in [-0.15, -0.1) is 0 Å². The lowest BCUT2D eigenvalue weighted by Gasteiger charge is -2.32. The molecule has 3 aromatic rings. The summed E-state index contributed by atoms with van der Waals surface area (Å²) in [5.41, 5.74) is 0.985. The number of carbonyl (C=O) groups is 2. The molecule has 2 aromatic carbocycles. The number of furan rings is 1. The van der Waals surface area contributed by atoms with E-state index >= 15 is 0 Å². The van der Waals surface area contributed by atoms with E-state index in [2.05, 4.69) is 5.32 Å². The maximum atomic E-state index is 14.0. The van der Waals surface area contributed by atoms with Gasteiger partial charge in [0.2, 0.25) is 11.7 Å². The number of methoxy groups -OCH3 is 3. The number of benzene rings is 2. The van der Waals surface area contributed by atoms with Crippen LogP contribution in [0.3, 0.4) is 0 Å². The van der Waals surface area contributed by atoms with Crippen molar-refractivity contribution in [2.45, 2.75) is 44.7 Å². The molecule has 1 saturated carbocycles. The Morgan fingerprint density at radius 1 is 1.00 bits per heavy atom. The van der Waals surface area contributed by atoms with E-state index in [4.69, 9.17) is 23.4 Å². The molecule has 1 aliphatic carbocycles. The van der Waals surface area contributed by atoms with Crippen LogP contribution in [0.2, 0.25) is 0 Å². The van der Waals surface area contributed by atoms with E-state index in [1.54, 1.807) is 48.5 Å². The van der Waals surface area contributed by atoms with E-state index in [9.17, 15) is 9.59 Å². The van der Waals surface area contributed by atoms with Gasteiger partial charge in [-0.1, -0.05) is 12.8 Å². The van der Waals surface area contributed by atoms with Gasteiger partial charge in [0.15, 0.2) is 17.3 Å². The van der Waals surface area contributed by atoms with E-state index in [0.29, 0.717) is 40.9 Å². The number of rotatable bonds is 11. The lowest BCUT2D eigenvalue weighted by Crippen LogP contribution is -2.46. The standard InChI is InChI=1S/C29H34N2O7/c1-5-37-22-14-12-21(13-15-22)31(29(33)23-11-8-16-38-23)26(28(32)30-20-9-6-7-10-20)19-17-24(34-2)27(36-4)25(18-19)35-3/h8,11-18,20,26H,5-7,9-10H2,1-4H3,(H,30,32)/t26-/m1/s1. The quantitative estimate of drug-likeness (QED) is 0.372. The summed E-state index contributed by atoms with van der Waals surface area (Å²) in [7, 11) is 4.52. The zero-order valence-corrected chi connectivity index (χ0v) is 22.2. The van der Waals surface area contributed by atoms with Gasteiger partial charge >= 0.3 is 0 Å². The lowest BCUT2D eigenvalue weighted by atomic mass is 10.0. The summed E-state index contributed by atoms with van der Waals surface area (Å²) in [6, 6.07) is 12.6. The van der Waals surface area contributed by atoms with Gasteiger partial charge < -0.3 is 28.7 Å². The fourth-order valence-electron chi connectivity index (χ4n) is 4.80.